The number of thiophene rings is 1. The van der Waals surface area contributed by atoms with Crippen LogP contribution in [0.5, 0.6) is 0 Å². The molecule has 1 aromatic rings. The van der Waals surface area contributed by atoms with Gasteiger partial charge in [0.15, 0.2) is 0 Å². The van der Waals surface area contributed by atoms with Gasteiger partial charge in [0.2, 0.25) is 0 Å². The molecule has 2 aliphatic rings. The first-order valence-corrected chi connectivity index (χ1v) is 8.65. The van der Waals surface area contributed by atoms with Crippen LogP contribution < -0.4 is 0 Å². The van der Waals surface area contributed by atoms with Gasteiger partial charge in [-0.2, -0.15) is 0 Å². The van der Waals surface area contributed by atoms with E-state index in [1.54, 1.807) is 4.88 Å². The molecule has 1 nitrogen and oxygen atoms in total. The van der Waals surface area contributed by atoms with E-state index < -0.39 is 0 Å². The summed E-state index contributed by atoms with van der Waals surface area (Å²) in [7, 11) is 0. The van der Waals surface area contributed by atoms with Crippen LogP contribution in [-0.2, 0) is 12.8 Å². The minimum atomic E-state index is -0.324. The number of aryl methyl sites for hydroxylation is 2. The topological polar surface area (TPSA) is 20.2 Å². The van der Waals surface area contributed by atoms with E-state index in [4.69, 9.17) is 0 Å². The Labute approximate surface area is 120 Å². The Balaban J connectivity index is 1.79. The summed E-state index contributed by atoms with van der Waals surface area (Å²) in [6.07, 6.45) is 14.5. The first-order chi connectivity index (χ1) is 9.34. The highest BCUT2D eigenvalue weighted by Gasteiger charge is 2.20. The molecule has 3 rings (SSSR count). The second-order valence-electron chi connectivity index (χ2n) is 5.94. The summed E-state index contributed by atoms with van der Waals surface area (Å²) < 4.78 is 0. The van der Waals surface area contributed by atoms with Crippen LogP contribution in [-0.4, -0.2) is 5.11 Å². The van der Waals surface area contributed by atoms with Crippen LogP contribution in [0.4, 0.5) is 0 Å². The lowest BCUT2D eigenvalue weighted by molar-refractivity contribution is 0.214. The van der Waals surface area contributed by atoms with Crippen molar-refractivity contribution in [1.29, 1.82) is 0 Å². The third-order valence-corrected chi connectivity index (χ3v) is 5.75. The monoisotopic (exact) mass is 276 g/mol. The Hall–Kier alpha value is -0.600. The van der Waals surface area contributed by atoms with Crippen molar-refractivity contribution in [3.8, 4) is 0 Å². The van der Waals surface area contributed by atoms with Crippen molar-refractivity contribution in [2.75, 3.05) is 0 Å². The zero-order chi connectivity index (χ0) is 13.1. The normalized spacial score (nSPS) is 22.1. The number of allylic oxidation sites excluding steroid dienone is 1. The summed E-state index contributed by atoms with van der Waals surface area (Å²) in [4.78, 5) is 2.74. The van der Waals surface area contributed by atoms with Crippen molar-refractivity contribution >= 4 is 11.3 Å². The predicted molar refractivity (Wildman–Crippen MR) is 81.7 cm³/mol. The van der Waals surface area contributed by atoms with Crippen LogP contribution in [0.1, 0.15) is 72.8 Å². The summed E-state index contributed by atoms with van der Waals surface area (Å²) in [6, 6.07) is 2.29. The van der Waals surface area contributed by atoms with Crippen LogP contribution >= 0.6 is 11.3 Å². The Bertz CT molecular complexity index is 434. The van der Waals surface area contributed by atoms with Crippen molar-refractivity contribution in [1.82, 2.24) is 0 Å². The smallest absolute Gasteiger partial charge is 0.109 e. The van der Waals surface area contributed by atoms with Gasteiger partial charge in [-0.3, -0.25) is 0 Å². The fourth-order valence-corrected chi connectivity index (χ4v) is 4.58. The van der Waals surface area contributed by atoms with E-state index in [0.717, 1.165) is 12.8 Å². The van der Waals surface area contributed by atoms with Gasteiger partial charge in [0, 0.05) is 9.75 Å². The molecule has 1 aromatic heterocycles. The average molecular weight is 276 g/mol. The average Bonchev–Trinajstić information content (AvgIpc) is 2.65. The molecule has 0 saturated heterocycles. The van der Waals surface area contributed by atoms with Crippen molar-refractivity contribution < 1.29 is 5.11 Å². The summed E-state index contributed by atoms with van der Waals surface area (Å²) in [5, 5.41) is 10.6. The lowest BCUT2D eigenvalue weighted by Gasteiger charge is -2.12. The van der Waals surface area contributed by atoms with Crippen molar-refractivity contribution in [2.24, 2.45) is 0 Å². The van der Waals surface area contributed by atoms with Gasteiger partial charge in [-0.1, -0.05) is 18.9 Å². The predicted octanol–water partition coefficient (Wildman–Crippen LogP) is 4.94. The molecule has 0 fully saturated rings. The molecular formula is C17H24OS. The van der Waals surface area contributed by atoms with E-state index in [1.165, 1.54) is 67.4 Å². The summed E-state index contributed by atoms with van der Waals surface area (Å²) >= 11 is 1.87. The first kappa shape index (κ1) is 13.4. The first-order valence-electron chi connectivity index (χ1n) is 7.83. The molecule has 0 aromatic carbocycles. The minimum Gasteiger partial charge on any atom is -0.383 e. The Morgan fingerprint density at radius 1 is 0.947 bits per heavy atom. The molecule has 0 bridgehead atoms. The largest absolute Gasteiger partial charge is 0.383 e. The lowest BCUT2D eigenvalue weighted by atomic mass is 10.0. The van der Waals surface area contributed by atoms with E-state index in [-0.39, 0.29) is 6.10 Å². The molecule has 0 spiro atoms. The van der Waals surface area contributed by atoms with E-state index in [2.05, 4.69) is 12.1 Å². The second kappa shape index (κ2) is 6.23. The van der Waals surface area contributed by atoms with Gasteiger partial charge < -0.3 is 5.11 Å². The van der Waals surface area contributed by atoms with Gasteiger partial charge in [-0.15, -0.1) is 11.3 Å². The Kier molecular flexibility index (Phi) is 4.39. The summed E-state index contributed by atoms with van der Waals surface area (Å²) in [5.41, 5.74) is 2.79. The quantitative estimate of drug-likeness (QED) is 0.599. The highest BCUT2D eigenvalue weighted by Crippen LogP contribution is 2.37. The number of fused-ring (bicyclic) bond motifs is 1. The fraction of sp³-hybridized carbons (Fsp3) is 0.647. The Morgan fingerprint density at radius 2 is 1.74 bits per heavy atom. The third kappa shape index (κ3) is 3.11. The zero-order valence-corrected chi connectivity index (χ0v) is 12.5. The van der Waals surface area contributed by atoms with Crippen LogP contribution in [0.15, 0.2) is 17.7 Å². The number of aliphatic hydroxyl groups is 1. The van der Waals surface area contributed by atoms with Crippen LogP contribution in [0.2, 0.25) is 0 Å². The molecule has 1 unspecified atom stereocenters. The molecular weight excluding hydrogens is 252 g/mol. The molecule has 1 atom stereocenters. The summed E-state index contributed by atoms with van der Waals surface area (Å²) in [5.74, 6) is 0. The molecule has 1 heterocycles. The molecule has 2 heteroatoms. The Morgan fingerprint density at radius 3 is 2.68 bits per heavy atom. The van der Waals surface area contributed by atoms with Gasteiger partial charge in [0.1, 0.15) is 6.10 Å². The molecule has 104 valence electrons. The number of rotatable bonds is 2. The molecule has 2 aliphatic carbocycles. The van der Waals surface area contributed by atoms with Crippen LogP contribution in [0, 0.1) is 0 Å². The zero-order valence-electron chi connectivity index (χ0n) is 11.7. The van der Waals surface area contributed by atoms with Gasteiger partial charge in [-0.05, 0) is 68.6 Å². The van der Waals surface area contributed by atoms with Gasteiger partial charge in [0.25, 0.3) is 0 Å². The highest BCUT2D eigenvalue weighted by molar-refractivity contribution is 7.12. The van der Waals surface area contributed by atoms with Crippen LogP contribution in [0.3, 0.4) is 0 Å². The van der Waals surface area contributed by atoms with E-state index in [0.29, 0.717) is 0 Å². The van der Waals surface area contributed by atoms with Gasteiger partial charge in [0.05, 0.1) is 0 Å². The van der Waals surface area contributed by atoms with E-state index in [1.807, 2.05) is 11.3 Å². The lowest BCUT2D eigenvalue weighted by Crippen LogP contribution is -1.99. The number of hydrogen-bond donors (Lipinski definition) is 1. The maximum absolute atomic E-state index is 10.6. The molecule has 1 N–H and O–H groups in total. The van der Waals surface area contributed by atoms with E-state index >= 15 is 0 Å². The highest BCUT2D eigenvalue weighted by atomic mass is 32.1. The van der Waals surface area contributed by atoms with Crippen molar-refractivity contribution in [3.05, 3.63) is 33.0 Å². The summed E-state index contributed by atoms with van der Waals surface area (Å²) in [6.45, 7) is 0. The molecule has 19 heavy (non-hydrogen) atoms. The van der Waals surface area contributed by atoms with E-state index in [9.17, 15) is 5.11 Å². The molecule has 0 amide bonds. The van der Waals surface area contributed by atoms with Gasteiger partial charge in [-0.25, -0.2) is 0 Å². The SMILES string of the molecule is OC(C1=CCCCCC1)c1cc2c(s1)CCCCC2. The molecule has 0 radical (unpaired) electrons. The van der Waals surface area contributed by atoms with Crippen LogP contribution in [0.25, 0.3) is 0 Å². The standard InChI is InChI=1S/C17H24OS/c18-17(13-8-4-1-2-5-9-13)16-12-14-10-6-3-7-11-15(14)19-16/h8,12,17-18H,1-7,9-11H2. The van der Waals surface area contributed by atoms with Crippen molar-refractivity contribution in [3.63, 3.8) is 0 Å². The molecule has 0 saturated carbocycles. The van der Waals surface area contributed by atoms with Crippen molar-refractivity contribution in [2.45, 2.75) is 70.3 Å². The maximum atomic E-state index is 10.6. The second-order valence-corrected chi connectivity index (χ2v) is 7.11. The number of hydrogen-bond acceptors (Lipinski definition) is 2. The number of aliphatic hydroxyl groups excluding tert-OH is 1. The minimum absolute atomic E-state index is 0.324. The maximum Gasteiger partial charge on any atom is 0.109 e. The molecule has 0 aliphatic heterocycles. The van der Waals surface area contributed by atoms with Gasteiger partial charge >= 0.3 is 0 Å². The third-order valence-electron chi connectivity index (χ3n) is 4.46. The fourth-order valence-electron chi connectivity index (χ4n) is 3.30.